The summed E-state index contributed by atoms with van der Waals surface area (Å²) < 4.78 is 23.6. The monoisotopic (exact) mass is 257 g/mol. The highest BCUT2D eigenvalue weighted by molar-refractivity contribution is 5.68. The van der Waals surface area contributed by atoms with Crippen molar-refractivity contribution in [3.63, 3.8) is 0 Å². The summed E-state index contributed by atoms with van der Waals surface area (Å²) in [5, 5.41) is 8.71. The predicted molar refractivity (Wildman–Crippen MR) is 62.8 cm³/mol. The third-order valence-corrected chi connectivity index (χ3v) is 2.44. The number of rotatable bonds is 6. The van der Waals surface area contributed by atoms with Crippen LogP contribution in [0.3, 0.4) is 0 Å². The van der Waals surface area contributed by atoms with Gasteiger partial charge >= 0.3 is 5.97 Å². The molecule has 0 saturated carbocycles. The largest absolute Gasteiger partial charge is 0.493 e. The molecule has 5 nitrogen and oxygen atoms in total. The molecule has 0 aliphatic rings. The van der Waals surface area contributed by atoms with E-state index in [-0.39, 0.29) is 18.8 Å². The second-order valence-electron chi connectivity index (χ2n) is 3.84. The maximum Gasteiger partial charge on any atom is 0.305 e. The van der Waals surface area contributed by atoms with Crippen molar-refractivity contribution in [2.45, 2.75) is 19.1 Å². The highest BCUT2D eigenvalue weighted by Crippen LogP contribution is 2.30. The van der Waals surface area contributed by atoms with Crippen molar-refractivity contribution in [3.8, 4) is 5.75 Å². The van der Waals surface area contributed by atoms with E-state index in [9.17, 15) is 9.18 Å². The molecule has 0 bridgehead atoms. The van der Waals surface area contributed by atoms with E-state index >= 15 is 0 Å². The van der Waals surface area contributed by atoms with Gasteiger partial charge in [0.1, 0.15) is 0 Å². The lowest BCUT2D eigenvalue weighted by molar-refractivity contribution is -0.137. The zero-order chi connectivity index (χ0) is 13.7. The van der Waals surface area contributed by atoms with Crippen molar-refractivity contribution in [2.75, 3.05) is 14.2 Å². The van der Waals surface area contributed by atoms with E-state index in [1.54, 1.807) is 6.07 Å². The molecule has 18 heavy (non-hydrogen) atoms. The maximum atomic E-state index is 13.7. The predicted octanol–water partition coefficient (Wildman–Crippen LogP) is 1.46. The molecule has 0 aliphatic carbocycles. The van der Waals surface area contributed by atoms with Gasteiger partial charge < -0.3 is 20.3 Å². The van der Waals surface area contributed by atoms with E-state index in [0.29, 0.717) is 11.1 Å². The van der Waals surface area contributed by atoms with E-state index in [2.05, 4.69) is 0 Å². The molecule has 0 amide bonds. The second kappa shape index (κ2) is 6.32. The highest BCUT2D eigenvalue weighted by atomic mass is 19.1. The van der Waals surface area contributed by atoms with E-state index in [1.807, 2.05) is 0 Å². The summed E-state index contributed by atoms with van der Waals surface area (Å²) >= 11 is 0. The van der Waals surface area contributed by atoms with Crippen LogP contribution in [0.25, 0.3) is 0 Å². The number of benzene rings is 1. The zero-order valence-electron chi connectivity index (χ0n) is 10.3. The van der Waals surface area contributed by atoms with Gasteiger partial charge in [-0.2, -0.15) is 0 Å². The molecular weight excluding hydrogens is 241 g/mol. The molecule has 0 radical (unpaired) electrons. The van der Waals surface area contributed by atoms with Crippen LogP contribution >= 0.6 is 0 Å². The van der Waals surface area contributed by atoms with Crippen molar-refractivity contribution in [2.24, 2.45) is 5.73 Å². The third kappa shape index (κ3) is 3.41. The van der Waals surface area contributed by atoms with Gasteiger partial charge in [0.05, 0.1) is 20.1 Å². The Balaban J connectivity index is 3.16. The zero-order valence-corrected chi connectivity index (χ0v) is 10.3. The van der Waals surface area contributed by atoms with Gasteiger partial charge in [0, 0.05) is 18.7 Å². The first kappa shape index (κ1) is 14.4. The fraction of sp³-hybridized carbons (Fsp3) is 0.417. The first-order chi connectivity index (χ1) is 8.49. The van der Waals surface area contributed by atoms with Gasteiger partial charge in [0.25, 0.3) is 0 Å². The summed E-state index contributed by atoms with van der Waals surface area (Å²) in [6, 6.07) is 2.04. The van der Waals surface area contributed by atoms with Crippen LogP contribution in [0.2, 0.25) is 0 Å². The van der Waals surface area contributed by atoms with Gasteiger partial charge in [-0.25, -0.2) is 4.39 Å². The molecule has 100 valence electrons. The smallest absolute Gasteiger partial charge is 0.305 e. The van der Waals surface area contributed by atoms with Crippen molar-refractivity contribution >= 4 is 5.97 Å². The van der Waals surface area contributed by atoms with E-state index in [4.69, 9.17) is 20.3 Å². The Kier molecular flexibility index (Phi) is 5.06. The van der Waals surface area contributed by atoms with Crippen molar-refractivity contribution in [1.29, 1.82) is 0 Å². The quantitative estimate of drug-likeness (QED) is 0.806. The minimum Gasteiger partial charge on any atom is -0.493 e. The summed E-state index contributed by atoms with van der Waals surface area (Å²) in [7, 11) is 2.80. The Morgan fingerprint density at radius 3 is 2.67 bits per heavy atom. The number of hydrogen-bond donors (Lipinski definition) is 2. The molecule has 1 unspecified atom stereocenters. The summed E-state index contributed by atoms with van der Waals surface area (Å²) in [4.78, 5) is 10.6. The Bertz CT molecular complexity index is 436. The van der Waals surface area contributed by atoms with Crippen LogP contribution in [0.4, 0.5) is 4.39 Å². The van der Waals surface area contributed by atoms with Crippen LogP contribution in [0.5, 0.6) is 5.75 Å². The van der Waals surface area contributed by atoms with E-state index < -0.39 is 17.8 Å². The van der Waals surface area contributed by atoms with Crippen molar-refractivity contribution in [1.82, 2.24) is 0 Å². The van der Waals surface area contributed by atoms with E-state index in [1.165, 1.54) is 20.3 Å². The van der Waals surface area contributed by atoms with Gasteiger partial charge in [-0.1, -0.05) is 0 Å². The summed E-state index contributed by atoms with van der Waals surface area (Å²) in [6.45, 7) is 0.216. The van der Waals surface area contributed by atoms with Crippen LogP contribution in [-0.2, 0) is 16.1 Å². The normalized spacial score (nSPS) is 12.2. The third-order valence-electron chi connectivity index (χ3n) is 2.44. The molecule has 0 saturated heterocycles. The van der Waals surface area contributed by atoms with Crippen molar-refractivity contribution in [3.05, 3.63) is 29.1 Å². The highest BCUT2D eigenvalue weighted by Gasteiger charge is 2.19. The summed E-state index contributed by atoms with van der Waals surface area (Å²) in [5.74, 6) is -1.66. The standard InChI is InChI=1S/C12H16FNO4/c1-17-6-7-3-8(10(14)5-11(15)16)12(18-2)9(13)4-7/h3-4,10H,5-6,14H2,1-2H3,(H,15,16). The molecule has 6 heteroatoms. The Labute approximate surface area is 104 Å². The van der Waals surface area contributed by atoms with Crippen LogP contribution in [0.1, 0.15) is 23.6 Å². The van der Waals surface area contributed by atoms with Crippen LogP contribution in [0, 0.1) is 5.82 Å². The number of hydrogen-bond acceptors (Lipinski definition) is 4. The van der Waals surface area contributed by atoms with Gasteiger partial charge in [-0.3, -0.25) is 4.79 Å². The molecule has 1 atom stereocenters. The lowest BCUT2D eigenvalue weighted by atomic mass is 10.0. The lowest BCUT2D eigenvalue weighted by Crippen LogP contribution is -2.17. The van der Waals surface area contributed by atoms with Gasteiger partial charge in [-0.15, -0.1) is 0 Å². The summed E-state index contributed by atoms with van der Waals surface area (Å²) in [6.07, 6.45) is -0.299. The molecule has 0 fully saturated rings. The number of carboxylic acid groups (broad SMARTS) is 1. The molecule has 3 N–H and O–H groups in total. The Hall–Kier alpha value is -1.66. The van der Waals surface area contributed by atoms with Gasteiger partial charge in [0.15, 0.2) is 11.6 Å². The number of methoxy groups -OCH3 is 2. The number of nitrogens with two attached hydrogens (primary N) is 1. The average Bonchev–Trinajstić information content (AvgIpc) is 2.27. The number of ether oxygens (including phenoxy) is 2. The van der Waals surface area contributed by atoms with Crippen LogP contribution in [0.15, 0.2) is 12.1 Å². The molecular formula is C12H16FNO4. The van der Waals surface area contributed by atoms with E-state index in [0.717, 1.165) is 0 Å². The molecule has 0 spiro atoms. The first-order valence-corrected chi connectivity index (χ1v) is 5.32. The maximum absolute atomic E-state index is 13.7. The lowest BCUT2D eigenvalue weighted by Gasteiger charge is -2.16. The minimum atomic E-state index is -1.05. The van der Waals surface area contributed by atoms with Gasteiger partial charge in [-0.05, 0) is 17.7 Å². The van der Waals surface area contributed by atoms with Crippen molar-refractivity contribution < 1.29 is 23.8 Å². The molecule has 0 heterocycles. The number of aliphatic carboxylic acids is 1. The molecule has 0 aromatic heterocycles. The minimum absolute atomic E-state index is 0.0244. The van der Waals surface area contributed by atoms with Gasteiger partial charge in [0.2, 0.25) is 0 Å². The summed E-state index contributed by atoms with van der Waals surface area (Å²) in [5.41, 5.74) is 6.64. The Morgan fingerprint density at radius 2 is 2.17 bits per heavy atom. The van der Waals surface area contributed by atoms with Crippen LogP contribution in [-0.4, -0.2) is 25.3 Å². The molecule has 1 aromatic carbocycles. The second-order valence-corrected chi connectivity index (χ2v) is 3.84. The SMILES string of the molecule is COCc1cc(F)c(OC)c(C(N)CC(=O)O)c1. The molecule has 0 aliphatic heterocycles. The fourth-order valence-corrected chi connectivity index (χ4v) is 1.71. The first-order valence-electron chi connectivity index (χ1n) is 5.32. The number of carboxylic acids is 1. The van der Waals surface area contributed by atoms with Crippen LogP contribution < -0.4 is 10.5 Å². The fourth-order valence-electron chi connectivity index (χ4n) is 1.71. The average molecular weight is 257 g/mol. The molecule has 1 rings (SSSR count). The molecule has 1 aromatic rings. The number of carbonyl (C=O) groups is 1. The topological polar surface area (TPSA) is 81.8 Å². The Morgan fingerprint density at radius 1 is 1.50 bits per heavy atom. The number of halogens is 1.